The van der Waals surface area contributed by atoms with Gasteiger partial charge in [-0.3, -0.25) is 0 Å². The van der Waals surface area contributed by atoms with Gasteiger partial charge in [0, 0.05) is 4.88 Å². The van der Waals surface area contributed by atoms with Gasteiger partial charge in [0.25, 0.3) is 0 Å². The van der Waals surface area contributed by atoms with Crippen LogP contribution in [0.3, 0.4) is 0 Å². The zero-order chi connectivity index (χ0) is 15.0. The van der Waals surface area contributed by atoms with Crippen LogP contribution >= 0.6 is 38.9 Å². The molecule has 0 radical (unpaired) electrons. The summed E-state index contributed by atoms with van der Waals surface area (Å²) in [6, 6.07) is 2.32. The highest BCUT2D eigenvalue weighted by Gasteiger charge is 2.62. The molecule has 0 saturated heterocycles. The summed E-state index contributed by atoms with van der Waals surface area (Å²) < 4.78 is 1.25. The van der Waals surface area contributed by atoms with Crippen molar-refractivity contribution in [1.82, 2.24) is 0 Å². The number of alkyl halides is 1. The summed E-state index contributed by atoms with van der Waals surface area (Å²) in [5, 5.41) is 0.203. The standard InChI is InChI=1S/C18H24BrClS/c1-11-4-13(21-15(11)19)14(20)18-7-12-5-16(2,9-18)8-17(3,6-12)10-18/h4,12,14H,5-10H2,1-3H3. The maximum atomic E-state index is 7.13. The Morgan fingerprint density at radius 2 is 1.81 bits per heavy atom. The fraction of sp³-hybridized carbons (Fsp3) is 0.778. The molecule has 4 bridgehead atoms. The van der Waals surface area contributed by atoms with E-state index in [4.69, 9.17) is 11.6 Å². The van der Waals surface area contributed by atoms with Crippen LogP contribution in [-0.4, -0.2) is 0 Å². The molecule has 3 atom stereocenters. The minimum atomic E-state index is 0.203. The quantitative estimate of drug-likeness (QED) is 0.475. The minimum absolute atomic E-state index is 0.203. The predicted molar refractivity (Wildman–Crippen MR) is 95.2 cm³/mol. The van der Waals surface area contributed by atoms with E-state index in [1.807, 2.05) is 11.3 Å². The number of rotatable bonds is 2. The molecule has 21 heavy (non-hydrogen) atoms. The molecule has 0 amide bonds. The fourth-order valence-electron chi connectivity index (χ4n) is 6.73. The number of hydrogen-bond acceptors (Lipinski definition) is 1. The van der Waals surface area contributed by atoms with Crippen molar-refractivity contribution < 1.29 is 0 Å². The van der Waals surface area contributed by atoms with Crippen LogP contribution in [0.5, 0.6) is 0 Å². The summed E-state index contributed by atoms with van der Waals surface area (Å²) in [6.07, 6.45) is 8.36. The van der Waals surface area contributed by atoms with Gasteiger partial charge in [-0.2, -0.15) is 0 Å². The lowest BCUT2D eigenvalue weighted by atomic mass is 9.39. The molecule has 116 valence electrons. The molecule has 0 nitrogen and oxygen atoms in total. The smallest absolute Gasteiger partial charge is 0.0735 e. The van der Waals surface area contributed by atoms with Crippen molar-refractivity contribution in [2.24, 2.45) is 22.2 Å². The monoisotopic (exact) mass is 386 g/mol. The molecule has 0 aromatic carbocycles. The normalized spacial score (nSPS) is 46.0. The Morgan fingerprint density at radius 1 is 1.19 bits per heavy atom. The van der Waals surface area contributed by atoms with Gasteiger partial charge in [0.15, 0.2) is 0 Å². The van der Waals surface area contributed by atoms with Crippen LogP contribution < -0.4 is 0 Å². The predicted octanol–water partition coefficient (Wildman–Crippen LogP) is 7.10. The molecule has 5 rings (SSSR count). The first-order valence-electron chi connectivity index (χ1n) is 8.13. The zero-order valence-corrected chi connectivity index (χ0v) is 16.3. The van der Waals surface area contributed by atoms with Crippen LogP contribution in [0.2, 0.25) is 0 Å². The summed E-state index contributed by atoms with van der Waals surface area (Å²) in [7, 11) is 0. The van der Waals surface area contributed by atoms with Crippen molar-refractivity contribution in [3.05, 3.63) is 20.3 Å². The minimum Gasteiger partial charge on any atom is -0.131 e. The van der Waals surface area contributed by atoms with Crippen molar-refractivity contribution in [3.8, 4) is 0 Å². The molecule has 4 fully saturated rings. The molecule has 4 aliphatic carbocycles. The molecule has 0 spiro atoms. The first-order valence-corrected chi connectivity index (χ1v) is 10.2. The zero-order valence-electron chi connectivity index (χ0n) is 13.1. The third kappa shape index (κ3) is 2.27. The highest BCUT2D eigenvalue weighted by atomic mass is 79.9. The summed E-state index contributed by atoms with van der Waals surface area (Å²) in [6.45, 7) is 7.24. The molecular formula is C18H24BrClS. The third-order valence-electron chi connectivity index (χ3n) is 6.33. The van der Waals surface area contributed by atoms with Crippen LogP contribution in [0.15, 0.2) is 9.85 Å². The fourth-order valence-corrected chi connectivity index (χ4v) is 8.86. The topological polar surface area (TPSA) is 0 Å². The molecule has 1 heterocycles. The van der Waals surface area contributed by atoms with Crippen molar-refractivity contribution in [2.75, 3.05) is 0 Å². The molecule has 0 N–H and O–H groups in total. The van der Waals surface area contributed by atoms with Gasteiger partial charge in [0.2, 0.25) is 0 Å². The molecule has 3 unspecified atom stereocenters. The summed E-state index contributed by atoms with van der Waals surface area (Å²) in [5.74, 6) is 0.919. The maximum Gasteiger partial charge on any atom is 0.0735 e. The van der Waals surface area contributed by atoms with Gasteiger partial charge in [-0.05, 0) is 95.2 Å². The maximum absolute atomic E-state index is 7.13. The highest BCUT2D eigenvalue weighted by Crippen LogP contribution is 2.73. The van der Waals surface area contributed by atoms with E-state index in [1.54, 1.807) is 0 Å². The molecular weight excluding hydrogens is 364 g/mol. The van der Waals surface area contributed by atoms with E-state index in [9.17, 15) is 0 Å². The van der Waals surface area contributed by atoms with Gasteiger partial charge in [0.1, 0.15) is 0 Å². The van der Waals surface area contributed by atoms with Crippen LogP contribution in [0.1, 0.15) is 68.2 Å². The van der Waals surface area contributed by atoms with E-state index in [-0.39, 0.29) is 5.38 Å². The Morgan fingerprint density at radius 3 is 2.29 bits per heavy atom. The summed E-state index contributed by atoms with van der Waals surface area (Å²) >= 11 is 12.7. The van der Waals surface area contributed by atoms with Crippen LogP contribution in [-0.2, 0) is 0 Å². The Kier molecular flexibility index (Phi) is 3.23. The van der Waals surface area contributed by atoms with Gasteiger partial charge in [-0.25, -0.2) is 0 Å². The van der Waals surface area contributed by atoms with Gasteiger partial charge < -0.3 is 0 Å². The Balaban J connectivity index is 1.73. The van der Waals surface area contributed by atoms with Crippen LogP contribution in [0.4, 0.5) is 0 Å². The molecule has 4 aliphatic rings. The van der Waals surface area contributed by atoms with Gasteiger partial charge in [-0.15, -0.1) is 22.9 Å². The second-order valence-electron chi connectivity index (χ2n) is 8.96. The van der Waals surface area contributed by atoms with E-state index < -0.39 is 0 Å². The summed E-state index contributed by atoms with van der Waals surface area (Å²) in [5.41, 5.74) is 2.78. The van der Waals surface area contributed by atoms with Crippen molar-refractivity contribution >= 4 is 38.9 Å². The summed E-state index contributed by atoms with van der Waals surface area (Å²) in [4.78, 5) is 1.38. The second kappa shape index (κ2) is 4.51. The first kappa shape index (κ1) is 15.0. The van der Waals surface area contributed by atoms with Crippen molar-refractivity contribution in [2.45, 2.75) is 64.7 Å². The van der Waals surface area contributed by atoms with Crippen LogP contribution in [0, 0.1) is 29.1 Å². The van der Waals surface area contributed by atoms with E-state index in [0.29, 0.717) is 16.2 Å². The van der Waals surface area contributed by atoms with Crippen molar-refractivity contribution in [3.63, 3.8) is 0 Å². The van der Waals surface area contributed by atoms with E-state index in [1.165, 1.54) is 52.8 Å². The molecule has 1 aromatic heterocycles. The molecule has 0 aliphatic heterocycles. The van der Waals surface area contributed by atoms with Crippen molar-refractivity contribution in [1.29, 1.82) is 0 Å². The molecule has 4 saturated carbocycles. The van der Waals surface area contributed by atoms with E-state index >= 15 is 0 Å². The van der Waals surface area contributed by atoms with Crippen LogP contribution in [0.25, 0.3) is 0 Å². The number of aryl methyl sites for hydroxylation is 1. The largest absolute Gasteiger partial charge is 0.131 e. The molecule has 1 aromatic rings. The lowest BCUT2D eigenvalue weighted by Crippen LogP contribution is -2.56. The Hall–Kier alpha value is 0.470. The SMILES string of the molecule is Cc1cc(C(Cl)C23CC4CC(C)(CC(C)(C4)C2)C3)sc1Br. The average Bonchev–Trinajstić information content (AvgIpc) is 2.64. The highest BCUT2D eigenvalue weighted by molar-refractivity contribution is 9.11. The van der Waals surface area contributed by atoms with Gasteiger partial charge >= 0.3 is 0 Å². The lowest BCUT2D eigenvalue weighted by Gasteiger charge is -2.66. The second-order valence-corrected chi connectivity index (χ2v) is 11.8. The number of hydrogen-bond donors (Lipinski definition) is 0. The van der Waals surface area contributed by atoms with Gasteiger partial charge in [0.05, 0.1) is 9.16 Å². The lowest BCUT2D eigenvalue weighted by molar-refractivity contribution is -0.146. The number of thiophene rings is 1. The average molecular weight is 388 g/mol. The Labute approximate surface area is 145 Å². The third-order valence-corrected chi connectivity index (χ3v) is 9.36. The van der Waals surface area contributed by atoms with E-state index in [0.717, 1.165) is 5.92 Å². The molecule has 3 heteroatoms. The van der Waals surface area contributed by atoms with E-state index in [2.05, 4.69) is 42.8 Å². The Bertz CT molecular complexity index is 555. The number of halogens is 2. The first-order chi connectivity index (χ1) is 9.73. The van der Waals surface area contributed by atoms with Gasteiger partial charge in [-0.1, -0.05) is 13.8 Å².